The maximum atomic E-state index is 14.5. The molecule has 3 heterocycles. The van der Waals surface area contributed by atoms with Crippen molar-refractivity contribution in [2.75, 3.05) is 18.1 Å². The summed E-state index contributed by atoms with van der Waals surface area (Å²) in [5.74, 6) is -3.27. The van der Waals surface area contributed by atoms with Crippen molar-refractivity contribution < 1.29 is 24.6 Å². The van der Waals surface area contributed by atoms with E-state index in [0.29, 0.717) is 12.8 Å². The average molecular weight is 552 g/mol. The lowest BCUT2D eigenvalue weighted by molar-refractivity contribution is -0.149. The fourth-order valence-corrected chi connectivity index (χ4v) is 9.82. The number of para-hydroxylation sites is 1. The van der Waals surface area contributed by atoms with Gasteiger partial charge in [-0.2, -0.15) is 0 Å². The molecular weight excluding hydrogens is 520 g/mol. The Bertz CT molecular complexity index is 1010. The van der Waals surface area contributed by atoms with Crippen LogP contribution in [0.15, 0.2) is 30.9 Å². The third-order valence-corrected chi connectivity index (χ3v) is 10.8. The highest BCUT2D eigenvalue weighted by Gasteiger charge is 2.76. The maximum Gasteiger partial charge on any atom is 0.308 e. The summed E-state index contributed by atoms with van der Waals surface area (Å²) in [5, 5.41) is 19.9. The Morgan fingerprint density at radius 1 is 1.38 bits per heavy atom. The Balaban J connectivity index is 1.89. The van der Waals surface area contributed by atoms with E-state index in [4.69, 9.17) is 0 Å². The first-order chi connectivity index (χ1) is 16.1. The molecule has 184 valence electrons. The molecule has 3 saturated heterocycles. The molecule has 4 rings (SSSR count). The fraction of sp³-hybridized carbons (Fsp3) is 0.560. The number of aliphatic hydroxyl groups is 1. The van der Waals surface area contributed by atoms with E-state index in [1.807, 2.05) is 39.0 Å². The van der Waals surface area contributed by atoms with Crippen LogP contribution in [0, 0.1) is 25.7 Å². The first-order valence-electron chi connectivity index (χ1n) is 11.6. The number of hydrogen-bond donors (Lipinski definition) is 2. The van der Waals surface area contributed by atoms with Gasteiger partial charge in [-0.3, -0.25) is 14.4 Å². The van der Waals surface area contributed by atoms with Crippen molar-refractivity contribution in [1.29, 1.82) is 0 Å². The Morgan fingerprint density at radius 2 is 2.03 bits per heavy atom. The standard InChI is InChI=1S/C25H31BrN2O5S/c1-5-10-27(19-13(3)8-7-9-14(19)4)23(31)21-25-11-16(26)20(34-25)17(24(32)33)18(25)22(30)28(21)15(6-2)12-29/h5,7-9,15-18,20-21,29H,1,6,10-12H2,2-4H3,(H,32,33)/t15-,16?,17+,18-,20+,21?,25?/m0/s1. The number of fused-ring (bicyclic) bond motifs is 1. The molecule has 7 nitrogen and oxygen atoms in total. The number of hydrogen-bond acceptors (Lipinski definition) is 5. The third-order valence-electron chi connectivity index (χ3n) is 7.61. The van der Waals surface area contributed by atoms with E-state index >= 15 is 0 Å². The zero-order valence-electron chi connectivity index (χ0n) is 19.6. The first-order valence-corrected chi connectivity index (χ1v) is 13.4. The van der Waals surface area contributed by atoms with Crippen molar-refractivity contribution in [1.82, 2.24) is 4.90 Å². The highest BCUT2D eigenvalue weighted by molar-refractivity contribution is 9.09. The Morgan fingerprint density at radius 3 is 2.56 bits per heavy atom. The number of nitrogens with zero attached hydrogens (tertiary/aromatic N) is 2. The zero-order valence-corrected chi connectivity index (χ0v) is 22.0. The van der Waals surface area contributed by atoms with Crippen LogP contribution >= 0.6 is 27.7 Å². The molecule has 0 aliphatic carbocycles. The number of aliphatic hydroxyl groups excluding tert-OH is 1. The molecule has 0 saturated carbocycles. The molecule has 3 aliphatic rings. The molecule has 2 N–H and O–H groups in total. The van der Waals surface area contributed by atoms with Gasteiger partial charge in [0, 0.05) is 22.3 Å². The molecule has 3 unspecified atom stereocenters. The first kappa shape index (κ1) is 25.3. The lowest BCUT2D eigenvalue weighted by Crippen LogP contribution is -2.58. The Hall–Kier alpha value is -1.84. The van der Waals surface area contributed by atoms with Crippen molar-refractivity contribution in [2.24, 2.45) is 11.8 Å². The van der Waals surface area contributed by atoms with Crippen LogP contribution in [-0.4, -0.2) is 73.0 Å². The quantitative estimate of drug-likeness (QED) is 0.381. The molecule has 7 atom stereocenters. The van der Waals surface area contributed by atoms with Crippen LogP contribution in [0.25, 0.3) is 0 Å². The van der Waals surface area contributed by atoms with E-state index in [9.17, 15) is 24.6 Å². The number of likely N-dealkylation sites (tertiary alicyclic amines) is 1. The van der Waals surface area contributed by atoms with Crippen LogP contribution < -0.4 is 4.90 Å². The molecule has 9 heteroatoms. The number of benzene rings is 1. The van der Waals surface area contributed by atoms with Gasteiger partial charge in [-0.1, -0.05) is 47.1 Å². The molecule has 2 bridgehead atoms. The van der Waals surface area contributed by atoms with Gasteiger partial charge >= 0.3 is 5.97 Å². The highest BCUT2D eigenvalue weighted by atomic mass is 79.9. The predicted octanol–water partition coefficient (Wildman–Crippen LogP) is 3.14. The van der Waals surface area contributed by atoms with Gasteiger partial charge in [0.25, 0.3) is 5.91 Å². The number of alkyl halides is 1. The maximum absolute atomic E-state index is 14.5. The second-order valence-corrected chi connectivity index (χ2v) is 12.2. The van der Waals surface area contributed by atoms with Crippen LogP contribution in [-0.2, 0) is 14.4 Å². The van der Waals surface area contributed by atoms with Gasteiger partial charge in [0.1, 0.15) is 6.04 Å². The normalized spacial score (nSPS) is 32.6. The summed E-state index contributed by atoms with van der Waals surface area (Å²) in [6.45, 7) is 9.57. The van der Waals surface area contributed by atoms with Gasteiger partial charge in [-0.15, -0.1) is 18.3 Å². The molecule has 3 aliphatic heterocycles. The summed E-state index contributed by atoms with van der Waals surface area (Å²) in [6.07, 6.45) is 2.64. The Kier molecular flexibility index (Phi) is 6.92. The number of carboxylic acid groups (broad SMARTS) is 1. The zero-order chi connectivity index (χ0) is 24.9. The molecule has 3 fully saturated rings. The fourth-order valence-electron chi connectivity index (χ4n) is 6.24. The Labute approximate surface area is 212 Å². The lowest BCUT2D eigenvalue weighted by atomic mass is 9.71. The minimum absolute atomic E-state index is 0.111. The van der Waals surface area contributed by atoms with Crippen LogP contribution in [0.4, 0.5) is 5.69 Å². The van der Waals surface area contributed by atoms with E-state index in [-0.39, 0.29) is 35.0 Å². The summed E-state index contributed by atoms with van der Waals surface area (Å²) in [6, 6.07) is 4.38. The molecule has 1 spiro atoms. The molecule has 1 aromatic carbocycles. The molecule has 1 aromatic rings. The SMILES string of the molecule is C=CCN(C(=O)C1N([C@@H](CC)CO)C(=O)[C@@H]2[C@@H](C(=O)O)[C@@H]3SC12CC3Br)c1c(C)cccc1C. The summed E-state index contributed by atoms with van der Waals surface area (Å²) in [7, 11) is 0. The van der Waals surface area contributed by atoms with Crippen LogP contribution in [0.3, 0.4) is 0 Å². The van der Waals surface area contributed by atoms with Crippen molar-refractivity contribution in [3.8, 4) is 0 Å². The van der Waals surface area contributed by atoms with E-state index in [1.54, 1.807) is 11.0 Å². The second-order valence-electron chi connectivity index (χ2n) is 9.47. The van der Waals surface area contributed by atoms with Gasteiger partial charge in [-0.25, -0.2) is 0 Å². The lowest BCUT2D eigenvalue weighted by Gasteiger charge is -2.40. The number of carbonyl (C=O) groups is 3. The number of halogens is 1. The number of carboxylic acids is 1. The van der Waals surface area contributed by atoms with E-state index in [2.05, 4.69) is 22.5 Å². The van der Waals surface area contributed by atoms with Gasteiger partial charge in [-0.05, 0) is 37.8 Å². The minimum Gasteiger partial charge on any atom is -0.481 e. The summed E-state index contributed by atoms with van der Waals surface area (Å²) in [5.41, 5.74) is 2.64. The van der Waals surface area contributed by atoms with Gasteiger partial charge in [0.15, 0.2) is 0 Å². The molecular formula is C25H31BrN2O5S. The van der Waals surface area contributed by atoms with Gasteiger partial charge in [0.05, 0.1) is 29.2 Å². The second kappa shape index (κ2) is 9.32. The number of rotatable bonds is 8. The van der Waals surface area contributed by atoms with Crippen molar-refractivity contribution in [3.05, 3.63) is 42.0 Å². The topological polar surface area (TPSA) is 98.2 Å². The predicted molar refractivity (Wildman–Crippen MR) is 136 cm³/mol. The number of anilines is 1. The van der Waals surface area contributed by atoms with Crippen molar-refractivity contribution >= 4 is 51.2 Å². The van der Waals surface area contributed by atoms with E-state index < -0.39 is 34.6 Å². The van der Waals surface area contributed by atoms with E-state index in [1.165, 1.54) is 16.7 Å². The van der Waals surface area contributed by atoms with Gasteiger partial charge in [0.2, 0.25) is 5.91 Å². The van der Waals surface area contributed by atoms with Crippen LogP contribution in [0.1, 0.15) is 30.9 Å². The number of carbonyl (C=O) groups excluding carboxylic acids is 2. The average Bonchev–Trinajstić information content (AvgIpc) is 3.37. The minimum atomic E-state index is -1.01. The summed E-state index contributed by atoms with van der Waals surface area (Å²) >= 11 is 5.12. The summed E-state index contributed by atoms with van der Waals surface area (Å²) in [4.78, 5) is 43.7. The number of thioether (sulfide) groups is 1. The van der Waals surface area contributed by atoms with Crippen molar-refractivity contribution in [3.63, 3.8) is 0 Å². The number of amides is 2. The molecule has 0 aromatic heterocycles. The smallest absolute Gasteiger partial charge is 0.308 e. The van der Waals surface area contributed by atoms with E-state index in [0.717, 1.165) is 16.8 Å². The van der Waals surface area contributed by atoms with Crippen LogP contribution in [0.2, 0.25) is 0 Å². The molecule has 0 radical (unpaired) electrons. The summed E-state index contributed by atoms with van der Waals surface area (Å²) < 4.78 is -0.866. The molecule has 34 heavy (non-hydrogen) atoms. The van der Waals surface area contributed by atoms with Crippen molar-refractivity contribution in [2.45, 2.75) is 60.5 Å². The number of aliphatic carboxylic acids is 1. The largest absolute Gasteiger partial charge is 0.481 e. The number of aryl methyl sites for hydroxylation is 2. The van der Waals surface area contributed by atoms with Gasteiger partial charge < -0.3 is 20.0 Å². The van der Waals surface area contributed by atoms with Crippen LogP contribution in [0.5, 0.6) is 0 Å². The monoisotopic (exact) mass is 550 g/mol. The third kappa shape index (κ3) is 3.54. The highest BCUT2D eigenvalue weighted by Crippen LogP contribution is 2.68. The molecule has 2 amide bonds.